The number of hydrogen-bond donors (Lipinski definition) is 0. The largest absolute Gasteiger partial charge is 0.496 e. The summed E-state index contributed by atoms with van der Waals surface area (Å²) in [4.78, 5) is 0. The minimum atomic E-state index is -0.646. The number of hydrogen-bond acceptors (Lipinski definition) is 2. The molecule has 0 bridgehead atoms. The quantitative estimate of drug-likeness (QED) is 0.619. The fraction of sp³-hybridized carbons (Fsp3) is 0.294. The topological polar surface area (TPSA) is 21.8 Å². The van der Waals surface area contributed by atoms with E-state index in [4.69, 9.17) is 21.1 Å². The van der Waals surface area contributed by atoms with Crippen LogP contribution in [-0.4, -0.2) is 13.0 Å². The van der Waals surface area contributed by atoms with Gasteiger partial charge < -0.3 is 9.47 Å². The predicted molar refractivity (Wildman–Crippen MR) is 80.4 cm³/mol. The Morgan fingerprint density at radius 3 is 2.71 bits per heavy atom. The van der Waals surface area contributed by atoms with Gasteiger partial charge in [-0.1, -0.05) is 24.3 Å². The number of ether oxygens (including phenoxy) is 2. The van der Waals surface area contributed by atoms with Crippen molar-refractivity contribution in [1.29, 1.82) is 0 Å². The zero-order valence-electron chi connectivity index (χ0n) is 11.9. The highest BCUT2D eigenvalue weighted by Gasteiger charge is 2.59. The molecule has 0 saturated carbocycles. The number of methoxy groups -OCH3 is 1. The first-order valence-corrected chi connectivity index (χ1v) is 7.29. The maximum Gasteiger partial charge on any atom is 0.141 e. The van der Waals surface area contributed by atoms with Gasteiger partial charge in [0, 0.05) is 11.6 Å². The number of epoxide rings is 1. The van der Waals surface area contributed by atoms with Crippen molar-refractivity contribution >= 4 is 11.6 Å². The molecule has 0 N–H and O–H groups in total. The van der Waals surface area contributed by atoms with Crippen LogP contribution in [0.5, 0.6) is 5.75 Å². The fourth-order valence-electron chi connectivity index (χ4n) is 2.76. The molecule has 0 aromatic heterocycles. The van der Waals surface area contributed by atoms with Crippen molar-refractivity contribution in [1.82, 2.24) is 0 Å². The van der Waals surface area contributed by atoms with Gasteiger partial charge in [0.2, 0.25) is 0 Å². The first-order chi connectivity index (χ1) is 10.1. The standard InChI is InChI=1S/C17H16ClFO2/c1-11-5-3-4-6-13(11)16-17(10-18,21-16)14-8-7-12(19)9-15(14)20-2/h3-9,16H,10H2,1-2H3. The lowest BCUT2D eigenvalue weighted by atomic mass is 9.91. The minimum Gasteiger partial charge on any atom is -0.496 e. The average Bonchev–Trinajstić information content (AvgIpc) is 3.23. The maximum absolute atomic E-state index is 13.4. The van der Waals surface area contributed by atoms with Gasteiger partial charge >= 0.3 is 0 Å². The molecule has 2 nitrogen and oxygen atoms in total. The van der Waals surface area contributed by atoms with Crippen molar-refractivity contribution in [2.75, 3.05) is 13.0 Å². The number of benzene rings is 2. The zero-order chi connectivity index (χ0) is 15.0. The molecule has 0 radical (unpaired) electrons. The van der Waals surface area contributed by atoms with Gasteiger partial charge in [-0.2, -0.15) is 0 Å². The molecule has 1 aliphatic heterocycles. The molecule has 110 valence electrons. The molecule has 2 atom stereocenters. The summed E-state index contributed by atoms with van der Waals surface area (Å²) < 4.78 is 24.6. The van der Waals surface area contributed by atoms with Gasteiger partial charge in [-0.15, -0.1) is 11.6 Å². The van der Waals surface area contributed by atoms with Gasteiger partial charge in [-0.05, 0) is 30.2 Å². The number of halogens is 2. The third-order valence-electron chi connectivity index (χ3n) is 3.98. The van der Waals surface area contributed by atoms with Gasteiger partial charge in [0.15, 0.2) is 0 Å². The van der Waals surface area contributed by atoms with Gasteiger partial charge in [0.05, 0.1) is 13.0 Å². The van der Waals surface area contributed by atoms with Crippen molar-refractivity contribution in [3.05, 3.63) is 65.0 Å². The second-order valence-electron chi connectivity index (χ2n) is 5.22. The molecule has 1 aliphatic rings. The predicted octanol–water partition coefficient (Wildman–Crippen LogP) is 4.35. The van der Waals surface area contributed by atoms with Crippen molar-refractivity contribution < 1.29 is 13.9 Å². The Kier molecular flexibility index (Phi) is 3.64. The van der Waals surface area contributed by atoms with Gasteiger partial charge in [-0.3, -0.25) is 0 Å². The Morgan fingerprint density at radius 1 is 1.29 bits per heavy atom. The molecule has 21 heavy (non-hydrogen) atoms. The first-order valence-electron chi connectivity index (χ1n) is 6.75. The van der Waals surface area contributed by atoms with Crippen LogP contribution in [-0.2, 0) is 10.3 Å². The first kappa shape index (κ1) is 14.4. The summed E-state index contributed by atoms with van der Waals surface area (Å²) in [6, 6.07) is 12.5. The average molecular weight is 307 g/mol. The van der Waals surface area contributed by atoms with E-state index in [-0.39, 0.29) is 17.8 Å². The normalized spacial score (nSPS) is 23.9. The second kappa shape index (κ2) is 5.32. The van der Waals surface area contributed by atoms with E-state index in [0.717, 1.165) is 16.7 Å². The molecule has 0 aliphatic carbocycles. The van der Waals surface area contributed by atoms with Crippen LogP contribution >= 0.6 is 11.6 Å². The fourth-order valence-corrected chi connectivity index (χ4v) is 3.11. The lowest BCUT2D eigenvalue weighted by molar-refractivity contribution is 0.306. The number of aryl methyl sites for hydroxylation is 1. The minimum absolute atomic E-state index is 0.129. The van der Waals surface area contributed by atoms with Gasteiger partial charge in [-0.25, -0.2) is 4.39 Å². The third kappa shape index (κ3) is 2.30. The summed E-state index contributed by atoms with van der Waals surface area (Å²) in [5.41, 5.74) is 2.39. The zero-order valence-corrected chi connectivity index (χ0v) is 12.7. The molecular weight excluding hydrogens is 291 g/mol. The molecular formula is C17H16ClFO2. The molecule has 3 rings (SSSR count). The summed E-state index contributed by atoms with van der Waals surface area (Å²) >= 11 is 6.18. The Balaban J connectivity index is 2.03. The highest BCUT2D eigenvalue weighted by molar-refractivity contribution is 6.19. The summed E-state index contributed by atoms with van der Waals surface area (Å²) in [5, 5.41) is 0. The van der Waals surface area contributed by atoms with Gasteiger partial charge in [0.1, 0.15) is 23.3 Å². The maximum atomic E-state index is 13.4. The van der Waals surface area contributed by atoms with Crippen molar-refractivity contribution in [3.8, 4) is 5.75 Å². The van der Waals surface area contributed by atoms with E-state index in [1.54, 1.807) is 6.07 Å². The van der Waals surface area contributed by atoms with E-state index >= 15 is 0 Å². The lowest BCUT2D eigenvalue weighted by Crippen LogP contribution is -2.14. The Hall–Kier alpha value is -1.58. The monoisotopic (exact) mass is 306 g/mol. The van der Waals surface area contributed by atoms with E-state index in [1.807, 2.05) is 31.2 Å². The Bertz CT molecular complexity index is 674. The van der Waals surface area contributed by atoms with E-state index in [1.165, 1.54) is 19.2 Å². The number of rotatable bonds is 4. The van der Waals surface area contributed by atoms with E-state index in [9.17, 15) is 4.39 Å². The third-order valence-corrected chi connectivity index (χ3v) is 4.38. The van der Waals surface area contributed by atoms with Crippen LogP contribution in [0.4, 0.5) is 4.39 Å². The molecule has 0 amide bonds. The van der Waals surface area contributed by atoms with Crippen molar-refractivity contribution in [2.24, 2.45) is 0 Å². The van der Waals surface area contributed by atoms with E-state index in [0.29, 0.717) is 5.75 Å². The van der Waals surface area contributed by atoms with Crippen LogP contribution in [0.3, 0.4) is 0 Å². The molecule has 2 aromatic carbocycles. The summed E-state index contributed by atoms with van der Waals surface area (Å²) in [7, 11) is 1.52. The summed E-state index contributed by atoms with van der Waals surface area (Å²) in [6.45, 7) is 2.04. The van der Waals surface area contributed by atoms with Crippen LogP contribution in [0.25, 0.3) is 0 Å². The molecule has 2 aromatic rings. The molecule has 0 spiro atoms. The lowest BCUT2D eigenvalue weighted by Gasteiger charge is -2.15. The molecule has 1 fully saturated rings. The highest BCUT2D eigenvalue weighted by Crippen LogP contribution is 2.60. The van der Waals surface area contributed by atoms with E-state index in [2.05, 4.69) is 0 Å². The Labute approximate surface area is 128 Å². The summed E-state index contributed by atoms with van der Waals surface area (Å²) in [5.74, 6) is 0.411. The number of alkyl halides is 1. The molecule has 2 unspecified atom stereocenters. The van der Waals surface area contributed by atoms with Crippen LogP contribution < -0.4 is 4.74 Å². The van der Waals surface area contributed by atoms with Crippen molar-refractivity contribution in [2.45, 2.75) is 18.6 Å². The molecule has 1 heterocycles. The van der Waals surface area contributed by atoms with E-state index < -0.39 is 5.60 Å². The van der Waals surface area contributed by atoms with Gasteiger partial charge in [0.25, 0.3) is 0 Å². The Morgan fingerprint density at radius 2 is 2.05 bits per heavy atom. The highest BCUT2D eigenvalue weighted by atomic mass is 35.5. The van der Waals surface area contributed by atoms with Crippen LogP contribution in [0.1, 0.15) is 22.8 Å². The second-order valence-corrected chi connectivity index (χ2v) is 5.49. The SMILES string of the molecule is COc1cc(F)ccc1C1(CCl)OC1c1ccccc1C. The van der Waals surface area contributed by atoms with Crippen molar-refractivity contribution in [3.63, 3.8) is 0 Å². The molecule has 4 heteroatoms. The smallest absolute Gasteiger partial charge is 0.141 e. The molecule has 1 saturated heterocycles. The van der Waals surface area contributed by atoms with Crippen LogP contribution in [0, 0.1) is 12.7 Å². The van der Waals surface area contributed by atoms with Crippen LogP contribution in [0.2, 0.25) is 0 Å². The summed E-state index contributed by atoms with van der Waals surface area (Å²) in [6.07, 6.45) is -0.129. The van der Waals surface area contributed by atoms with Crippen LogP contribution in [0.15, 0.2) is 42.5 Å².